The molecule has 0 saturated heterocycles. The molecule has 0 spiro atoms. The molecule has 0 aliphatic rings. The van der Waals surface area contributed by atoms with Crippen LogP contribution >= 0.6 is 27.5 Å². The zero-order chi connectivity index (χ0) is 13.8. The Labute approximate surface area is 128 Å². The van der Waals surface area contributed by atoms with E-state index in [1.54, 1.807) is 0 Å². The van der Waals surface area contributed by atoms with Gasteiger partial charge in [-0.05, 0) is 54.4 Å². The molecule has 1 nitrogen and oxygen atoms in total. The molecule has 1 unspecified atom stereocenters. The smallest absolute Gasteiger partial charge is 0.0577 e. The number of aryl methyl sites for hydroxylation is 1. The fourth-order valence-electron chi connectivity index (χ4n) is 2.22. The number of benzene rings is 2. The normalized spacial score (nSPS) is 12.4. The van der Waals surface area contributed by atoms with Crippen molar-refractivity contribution >= 4 is 27.5 Å². The van der Waals surface area contributed by atoms with Gasteiger partial charge in [0.1, 0.15) is 0 Å². The lowest BCUT2D eigenvalue weighted by Gasteiger charge is -2.20. The zero-order valence-electron chi connectivity index (χ0n) is 11.1. The van der Waals surface area contributed by atoms with Crippen LogP contribution in [0.4, 0.5) is 0 Å². The highest BCUT2D eigenvalue weighted by molar-refractivity contribution is 9.10. The Hall–Kier alpha value is -0.830. The van der Waals surface area contributed by atoms with Crippen LogP contribution in [0.5, 0.6) is 0 Å². The molecule has 0 bridgehead atoms. The van der Waals surface area contributed by atoms with Gasteiger partial charge in [-0.25, -0.2) is 0 Å². The molecule has 0 aromatic heterocycles. The summed E-state index contributed by atoms with van der Waals surface area (Å²) in [6, 6.07) is 14.8. The third kappa shape index (κ3) is 3.82. The molecule has 1 N–H and O–H groups in total. The van der Waals surface area contributed by atoms with Gasteiger partial charge in [0, 0.05) is 9.50 Å². The van der Waals surface area contributed by atoms with Gasteiger partial charge in [-0.1, -0.05) is 52.7 Å². The molecule has 2 aromatic carbocycles. The molecule has 2 aromatic rings. The molecule has 0 radical (unpaired) electrons. The number of nitrogens with one attached hydrogen (secondary N) is 1. The summed E-state index contributed by atoms with van der Waals surface area (Å²) in [7, 11) is 0. The van der Waals surface area contributed by atoms with E-state index in [1.807, 2.05) is 12.1 Å². The Morgan fingerprint density at radius 2 is 1.79 bits per heavy atom. The number of halogens is 2. The van der Waals surface area contributed by atoms with Crippen molar-refractivity contribution in [3.63, 3.8) is 0 Å². The quantitative estimate of drug-likeness (QED) is 0.817. The van der Waals surface area contributed by atoms with Crippen molar-refractivity contribution in [3.05, 3.63) is 68.7 Å². The second kappa shape index (κ2) is 6.56. The van der Waals surface area contributed by atoms with Gasteiger partial charge in [-0.15, -0.1) is 0 Å². The maximum atomic E-state index is 6.17. The summed E-state index contributed by atoms with van der Waals surface area (Å²) >= 11 is 9.64. The molecule has 2 rings (SSSR count). The van der Waals surface area contributed by atoms with Gasteiger partial charge in [0.15, 0.2) is 0 Å². The number of hydrogen-bond donors (Lipinski definition) is 1. The Bertz CT molecular complexity index is 531. The van der Waals surface area contributed by atoms with Crippen molar-refractivity contribution < 1.29 is 0 Å². The third-order valence-corrected chi connectivity index (χ3v) is 3.76. The van der Waals surface area contributed by atoms with Crippen LogP contribution < -0.4 is 5.32 Å². The van der Waals surface area contributed by atoms with E-state index in [0.29, 0.717) is 0 Å². The molecule has 100 valence electrons. The van der Waals surface area contributed by atoms with Crippen molar-refractivity contribution in [3.8, 4) is 0 Å². The first-order chi connectivity index (χ1) is 9.10. The summed E-state index contributed by atoms with van der Waals surface area (Å²) in [6.45, 7) is 5.09. The minimum Gasteiger partial charge on any atom is -0.307 e. The molecule has 0 heterocycles. The highest BCUT2D eigenvalue weighted by Crippen LogP contribution is 2.26. The molecule has 0 saturated carbocycles. The first-order valence-electron chi connectivity index (χ1n) is 6.36. The summed E-state index contributed by atoms with van der Waals surface area (Å²) in [6.07, 6.45) is 0. The van der Waals surface area contributed by atoms with Crippen molar-refractivity contribution in [1.29, 1.82) is 0 Å². The third-order valence-electron chi connectivity index (χ3n) is 3.01. The summed E-state index contributed by atoms with van der Waals surface area (Å²) in [5.41, 5.74) is 3.63. The van der Waals surface area contributed by atoms with Crippen molar-refractivity contribution in [2.75, 3.05) is 6.54 Å². The van der Waals surface area contributed by atoms with Crippen LogP contribution in [-0.4, -0.2) is 6.54 Å². The van der Waals surface area contributed by atoms with Crippen LogP contribution in [0.1, 0.15) is 29.7 Å². The van der Waals surface area contributed by atoms with E-state index in [-0.39, 0.29) is 6.04 Å². The van der Waals surface area contributed by atoms with Crippen molar-refractivity contribution in [2.24, 2.45) is 0 Å². The second-order valence-electron chi connectivity index (χ2n) is 4.60. The van der Waals surface area contributed by atoms with Gasteiger partial charge in [-0.2, -0.15) is 0 Å². The van der Waals surface area contributed by atoms with E-state index in [2.05, 4.69) is 65.4 Å². The minimum absolute atomic E-state index is 0.176. The molecular formula is C16H17BrClN. The molecule has 0 aliphatic carbocycles. The SMILES string of the molecule is CCNC(c1ccc(Br)cc1)c1cc(C)cc(Cl)c1. The summed E-state index contributed by atoms with van der Waals surface area (Å²) in [5, 5.41) is 4.30. The van der Waals surface area contributed by atoms with Crippen LogP contribution in [-0.2, 0) is 0 Å². The van der Waals surface area contributed by atoms with Crippen molar-refractivity contribution in [2.45, 2.75) is 19.9 Å². The maximum absolute atomic E-state index is 6.17. The number of rotatable bonds is 4. The van der Waals surface area contributed by atoms with E-state index >= 15 is 0 Å². The van der Waals surface area contributed by atoms with E-state index < -0.39 is 0 Å². The molecular weight excluding hydrogens is 322 g/mol. The largest absolute Gasteiger partial charge is 0.307 e. The first-order valence-corrected chi connectivity index (χ1v) is 7.53. The van der Waals surface area contributed by atoms with Gasteiger partial charge in [-0.3, -0.25) is 0 Å². The second-order valence-corrected chi connectivity index (χ2v) is 5.96. The summed E-state index contributed by atoms with van der Waals surface area (Å²) in [4.78, 5) is 0. The average Bonchev–Trinajstić information content (AvgIpc) is 2.36. The Morgan fingerprint density at radius 1 is 1.11 bits per heavy atom. The van der Waals surface area contributed by atoms with Crippen LogP contribution in [0.15, 0.2) is 46.9 Å². The van der Waals surface area contributed by atoms with Crippen molar-refractivity contribution in [1.82, 2.24) is 5.32 Å². The van der Waals surface area contributed by atoms with E-state index in [9.17, 15) is 0 Å². The van der Waals surface area contributed by atoms with Crippen LogP contribution in [0, 0.1) is 6.92 Å². The highest BCUT2D eigenvalue weighted by atomic mass is 79.9. The molecule has 3 heteroatoms. The van der Waals surface area contributed by atoms with Gasteiger partial charge in [0.2, 0.25) is 0 Å². The maximum Gasteiger partial charge on any atom is 0.0577 e. The van der Waals surface area contributed by atoms with E-state index in [4.69, 9.17) is 11.6 Å². The predicted octanol–water partition coefficient (Wildman–Crippen LogP) is 5.11. The lowest BCUT2D eigenvalue weighted by Crippen LogP contribution is -2.22. The van der Waals surface area contributed by atoms with Crippen LogP contribution in [0.2, 0.25) is 5.02 Å². The topological polar surface area (TPSA) is 12.0 Å². The van der Waals surface area contributed by atoms with Gasteiger partial charge < -0.3 is 5.32 Å². The zero-order valence-corrected chi connectivity index (χ0v) is 13.4. The van der Waals surface area contributed by atoms with Gasteiger partial charge in [0.05, 0.1) is 6.04 Å². The van der Waals surface area contributed by atoms with Crippen LogP contribution in [0.3, 0.4) is 0 Å². The Morgan fingerprint density at radius 3 is 2.37 bits per heavy atom. The summed E-state index contributed by atoms with van der Waals surface area (Å²) in [5.74, 6) is 0. The lowest BCUT2D eigenvalue weighted by atomic mass is 9.97. The molecule has 0 fully saturated rings. The molecule has 0 aliphatic heterocycles. The molecule has 0 amide bonds. The first kappa shape index (κ1) is 14.6. The van der Waals surface area contributed by atoms with E-state index in [1.165, 1.54) is 16.7 Å². The fraction of sp³-hybridized carbons (Fsp3) is 0.250. The number of hydrogen-bond acceptors (Lipinski definition) is 1. The van der Waals surface area contributed by atoms with E-state index in [0.717, 1.165) is 16.0 Å². The molecule has 19 heavy (non-hydrogen) atoms. The Balaban J connectivity index is 2.41. The highest BCUT2D eigenvalue weighted by Gasteiger charge is 2.13. The molecule has 1 atom stereocenters. The van der Waals surface area contributed by atoms with Gasteiger partial charge >= 0.3 is 0 Å². The standard InChI is InChI=1S/C16H17BrClN/c1-3-19-16(12-4-6-14(17)7-5-12)13-8-11(2)9-15(18)10-13/h4-10,16,19H,3H2,1-2H3. The Kier molecular flexibility index (Phi) is 5.03. The summed E-state index contributed by atoms with van der Waals surface area (Å²) < 4.78 is 1.09. The monoisotopic (exact) mass is 337 g/mol. The predicted molar refractivity (Wildman–Crippen MR) is 85.9 cm³/mol. The minimum atomic E-state index is 0.176. The fourth-order valence-corrected chi connectivity index (χ4v) is 2.78. The van der Waals surface area contributed by atoms with Crippen LogP contribution in [0.25, 0.3) is 0 Å². The van der Waals surface area contributed by atoms with Gasteiger partial charge in [0.25, 0.3) is 0 Å². The lowest BCUT2D eigenvalue weighted by molar-refractivity contribution is 0.630. The average molecular weight is 339 g/mol.